The summed E-state index contributed by atoms with van der Waals surface area (Å²) in [4.78, 5) is 9.62. The smallest absolute Gasteiger partial charge is 0.150 e. The lowest BCUT2D eigenvalue weighted by atomic mass is 10.1. The fraction of sp³-hybridized carbons (Fsp3) is 0.200. The van der Waals surface area contributed by atoms with Crippen LogP contribution in [-0.4, -0.2) is 9.97 Å². The molecule has 3 N–H and O–H groups in total. The highest BCUT2D eigenvalue weighted by molar-refractivity contribution is 7.10. The summed E-state index contributed by atoms with van der Waals surface area (Å²) in [6.07, 6.45) is 3.43. The van der Waals surface area contributed by atoms with E-state index in [2.05, 4.69) is 22.3 Å². The number of nitrogens with one attached hydrogen (secondary N) is 1. The van der Waals surface area contributed by atoms with Crippen molar-refractivity contribution in [2.24, 2.45) is 5.84 Å². The molecule has 2 aromatic rings. The van der Waals surface area contributed by atoms with Crippen molar-refractivity contribution in [1.29, 1.82) is 0 Å². The molecule has 0 aliphatic carbocycles. The molecule has 2 aromatic heterocycles. The summed E-state index contributed by atoms with van der Waals surface area (Å²) >= 11 is 1.69. The molecule has 2 heterocycles. The maximum Gasteiger partial charge on any atom is 0.150 e. The molecule has 4 nitrogen and oxygen atoms in total. The summed E-state index contributed by atoms with van der Waals surface area (Å²) in [6, 6.07) is 3.70. The molecule has 0 aliphatic heterocycles. The molecule has 0 amide bonds. The van der Waals surface area contributed by atoms with Crippen molar-refractivity contribution in [3.8, 4) is 0 Å². The first-order chi connectivity index (χ1) is 7.33. The molecule has 2 rings (SSSR count). The highest BCUT2D eigenvalue weighted by Crippen LogP contribution is 2.25. The van der Waals surface area contributed by atoms with Gasteiger partial charge in [0, 0.05) is 17.3 Å². The Morgan fingerprint density at radius 2 is 2.13 bits per heavy atom. The van der Waals surface area contributed by atoms with E-state index in [-0.39, 0.29) is 6.04 Å². The number of hydrogen-bond acceptors (Lipinski definition) is 5. The van der Waals surface area contributed by atoms with Gasteiger partial charge in [0.25, 0.3) is 0 Å². The van der Waals surface area contributed by atoms with Gasteiger partial charge in [-0.3, -0.25) is 5.84 Å². The van der Waals surface area contributed by atoms with E-state index in [1.54, 1.807) is 29.8 Å². The summed E-state index contributed by atoms with van der Waals surface area (Å²) in [6.45, 7) is 2.06. The van der Waals surface area contributed by atoms with E-state index < -0.39 is 0 Å². The van der Waals surface area contributed by atoms with Crippen molar-refractivity contribution in [1.82, 2.24) is 15.4 Å². The SMILES string of the molecule is Cc1sccc1C(NN)c1ncccn1. The predicted octanol–water partition coefficient (Wildman–Crippen LogP) is 1.40. The number of thiophene rings is 1. The summed E-state index contributed by atoms with van der Waals surface area (Å²) < 4.78 is 0. The summed E-state index contributed by atoms with van der Waals surface area (Å²) in [7, 11) is 0. The number of rotatable bonds is 3. The Kier molecular flexibility index (Phi) is 3.05. The van der Waals surface area contributed by atoms with Gasteiger partial charge in [0.1, 0.15) is 6.04 Å². The van der Waals surface area contributed by atoms with Crippen molar-refractivity contribution in [2.75, 3.05) is 0 Å². The second kappa shape index (κ2) is 4.48. The molecule has 0 aromatic carbocycles. The van der Waals surface area contributed by atoms with Crippen LogP contribution < -0.4 is 11.3 Å². The number of nitrogens with zero attached hydrogens (tertiary/aromatic N) is 2. The van der Waals surface area contributed by atoms with Gasteiger partial charge >= 0.3 is 0 Å². The van der Waals surface area contributed by atoms with E-state index in [9.17, 15) is 0 Å². The summed E-state index contributed by atoms with van der Waals surface area (Å²) in [5.41, 5.74) is 3.88. The number of aromatic nitrogens is 2. The zero-order chi connectivity index (χ0) is 10.7. The van der Waals surface area contributed by atoms with Crippen molar-refractivity contribution in [3.63, 3.8) is 0 Å². The van der Waals surface area contributed by atoms with Crippen LogP contribution in [0.1, 0.15) is 22.3 Å². The maximum absolute atomic E-state index is 5.54. The van der Waals surface area contributed by atoms with Crippen LogP contribution >= 0.6 is 11.3 Å². The van der Waals surface area contributed by atoms with Gasteiger partial charge in [0.05, 0.1) is 0 Å². The second-order valence-electron chi connectivity index (χ2n) is 3.14. The third kappa shape index (κ3) is 2.04. The molecule has 0 saturated heterocycles. The predicted molar refractivity (Wildman–Crippen MR) is 60.3 cm³/mol. The molecule has 1 unspecified atom stereocenters. The van der Waals surface area contributed by atoms with Gasteiger partial charge < -0.3 is 0 Å². The van der Waals surface area contributed by atoms with Crippen molar-refractivity contribution in [3.05, 3.63) is 46.2 Å². The molecule has 0 aliphatic rings. The van der Waals surface area contributed by atoms with Crippen LogP contribution in [0.5, 0.6) is 0 Å². The Morgan fingerprint density at radius 1 is 1.40 bits per heavy atom. The normalized spacial score (nSPS) is 12.7. The first-order valence-electron chi connectivity index (χ1n) is 4.60. The second-order valence-corrected chi connectivity index (χ2v) is 4.26. The highest BCUT2D eigenvalue weighted by Gasteiger charge is 2.17. The number of hydrogen-bond donors (Lipinski definition) is 2. The van der Waals surface area contributed by atoms with E-state index in [0.29, 0.717) is 5.82 Å². The van der Waals surface area contributed by atoms with E-state index in [4.69, 9.17) is 5.84 Å². The monoisotopic (exact) mass is 220 g/mol. The largest absolute Gasteiger partial charge is 0.270 e. The lowest BCUT2D eigenvalue weighted by molar-refractivity contribution is 0.601. The van der Waals surface area contributed by atoms with E-state index in [1.807, 2.05) is 11.4 Å². The third-order valence-corrected chi connectivity index (χ3v) is 3.08. The fourth-order valence-electron chi connectivity index (χ4n) is 1.46. The average molecular weight is 220 g/mol. The van der Waals surface area contributed by atoms with E-state index in [1.165, 1.54) is 4.88 Å². The topological polar surface area (TPSA) is 63.8 Å². The van der Waals surface area contributed by atoms with Gasteiger partial charge in [0.2, 0.25) is 0 Å². The molecule has 0 fully saturated rings. The van der Waals surface area contributed by atoms with Gasteiger partial charge in [-0.2, -0.15) is 0 Å². The molecule has 78 valence electrons. The van der Waals surface area contributed by atoms with Gasteiger partial charge in [-0.25, -0.2) is 15.4 Å². The Bertz CT molecular complexity index is 426. The Hall–Kier alpha value is -1.30. The van der Waals surface area contributed by atoms with E-state index >= 15 is 0 Å². The minimum atomic E-state index is -0.127. The fourth-order valence-corrected chi connectivity index (χ4v) is 2.20. The Labute approximate surface area is 92.2 Å². The standard InChI is InChI=1S/C10H12N4S/c1-7-8(3-6-15-7)9(14-11)10-12-4-2-5-13-10/h2-6,9,14H,11H2,1H3. The van der Waals surface area contributed by atoms with Crippen LogP contribution in [0.25, 0.3) is 0 Å². The molecule has 0 bridgehead atoms. The first-order valence-corrected chi connectivity index (χ1v) is 5.48. The van der Waals surface area contributed by atoms with Crippen LogP contribution in [0.4, 0.5) is 0 Å². The molecule has 0 spiro atoms. The van der Waals surface area contributed by atoms with Crippen molar-refractivity contribution in [2.45, 2.75) is 13.0 Å². The summed E-state index contributed by atoms with van der Waals surface area (Å²) in [5, 5.41) is 2.04. The number of hydrazine groups is 1. The van der Waals surface area contributed by atoms with Crippen LogP contribution in [0.15, 0.2) is 29.9 Å². The van der Waals surface area contributed by atoms with Crippen LogP contribution in [-0.2, 0) is 0 Å². The lowest BCUT2D eigenvalue weighted by Crippen LogP contribution is -2.30. The van der Waals surface area contributed by atoms with Crippen molar-refractivity contribution < 1.29 is 0 Å². The van der Waals surface area contributed by atoms with Gasteiger partial charge in [-0.1, -0.05) is 0 Å². The van der Waals surface area contributed by atoms with E-state index in [0.717, 1.165) is 5.56 Å². The van der Waals surface area contributed by atoms with Crippen LogP contribution in [0, 0.1) is 6.92 Å². The number of nitrogens with two attached hydrogens (primary N) is 1. The molecular weight excluding hydrogens is 208 g/mol. The summed E-state index contributed by atoms with van der Waals surface area (Å²) in [5.74, 6) is 6.24. The Balaban J connectivity index is 2.37. The minimum absolute atomic E-state index is 0.127. The zero-order valence-corrected chi connectivity index (χ0v) is 9.16. The van der Waals surface area contributed by atoms with Gasteiger partial charge in [-0.15, -0.1) is 11.3 Å². The average Bonchev–Trinajstić information content (AvgIpc) is 2.68. The number of aryl methyl sites for hydroxylation is 1. The van der Waals surface area contributed by atoms with Gasteiger partial charge in [0.15, 0.2) is 5.82 Å². The first kappa shape index (κ1) is 10.2. The third-order valence-electron chi connectivity index (χ3n) is 2.22. The van der Waals surface area contributed by atoms with Crippen LogP contribution in [0.2, 0.25) is 0 Å². The van der Waals surface area contributed by atoms with Crippen molar-refractivity contribution >= 4 is 11.3 Å². The quantitative estimate of drug-likeness (QED) is 0.606. The van der Waals surface area contributed by atoms with Crippen LogP contribution in [0.3, 0.4) is 0 Å². The minimum Gasteiger partial charge on any atom is -0.270 e. The molecule has 5 heteroatoms. The molecular formula is C10H12N4S. The Morgan fingerprint density at radius 3 is 2.67 bits per heavy atom. The zero-order valence-electron chi connectivity index (χ0n) is 8.34. The molecule has 1 atom stereocenters. The van der Waals surface area contributed by atoms with Gasteiger partial charge in [-0.05, 0) is 30.0 Å². The molecule has 0 radical (unpaired) electrons. The maximum atomic E-state index is 5.54. The molecule has 0 saturated carbocycles. The highest BCUT2D eigenvalue weighted by atomic mass is 32.1. The lowest BCUT2D eigenvalue weighted by Gasteiger charge is -2.13. The molecule has 15 heavy (non-hydrogen) atoms.